The zero-order valence-electron chi connectivity index (χ0n) is 30.6. The van der Waals surface area contributed by atoms with Crippen LogP contribution in [0.25, 0.3) is 0 Å². The number of fused-ring (bicyclic) bond motifs is 3. The largest absolute Gasteiger partial charge is 0.447 e. The molecule has 14 heteroatoms. The smallest absolute Gasteiger partial charge is 0.415 e. The summed E-state index contributed by atoms with van der Waals surface area (Å²) in [7, 11) is 5.71. The van der Waals surface area contributed by atoms with Crippen molar-refractivity contribution in [3.8, 4) is 0 Å². The van der Waals surface area contributed by atoms with Crippen molar-refractivity contribution in [3.63, 3.8) is 0 Å². The molecule has 4 aliphatic heterocycles. The van der Waals surface area contributed by atoms with Crippen LogP contribution in [0, 0.1) is 0 Å². The Morgan fingerprint density at radius 2 is 1.76 bits per heavy atom. The lowest BCUT2D eigenvalue weighted by Crippen LogP contribution is -2.48. The number of carbonyl (C=O) groups is 3. The van der Waals surface area contributed by atoms with Gasteiger partial charge in [0.2, 0.25) is 11.9 Å². The van der Waals surface area contributed by atoms with Crippen LogP contribution in [0.5, 0.6) is 0 Å². The Bertz CT molecular complexity index is 1750. The molecule has 272 valence electrons. The first kappa shape index (κ1) is 36.1. The highest BCUT2D eigenvalue weighted by Crippen LogP contribution is 2.50. The van der Waals surface area contributed by atoms with Gasteiger partial charge in [-0.15, -0.1) is 0 Å². The second-order valence-corrected chi connectivity index (χ2v) is 14.4. The van der Waals surface area contributed by atoms with Gasteiger partial charge in [0, 0.05) is 48.2 Å². The van der Waals surface area contributed by atoms with E-state index in [1.165, 1.54) is 0 Å². The summed E-state index contributed by atoms with van der Waals surface area (Å²) < 4.78 is 11.7. The summed E-state index contributed by atoms with van der Waals surface area (Å²) in [6.07, 6.45) is 3.19. The van der Waals surface area contributed by atoms with E-state index in [1.54, 1.807) is 11.8 Å². The highest BCUT2D eigenvalue weighted by atomic mass is 16.6. The number of ether oxygens (including phenoxy) is 2. The van der Waals surface area contributed by atoms with Crippen LogP contribution in [-0.2, 0) is 19.1 Å². The molecule has 7 rings (SSSR count). The number of anilines is 6. The molecular formula is C37H49N9O5. The highest BCUT2D eigenvalue weighted by Gasteiger charge is 2.49. The first-order chi connectivity index (χ1) is 24.4. The monoisotopic (exact) mass is 699 g/mol. The Labute approximate surface area is 299 Å². The molecule has 1 aromatic carbocycles. The van der Waals surface area contributed by atoms with Gasteiger partial charge in [-0.25, -0.2) is 14.8 Å². The molecule has 3 saturated heterocycles. The van der Waals surface area contributed by atoms with Crippen LogP contribution in [0.4, 0.5) is 39.6 Å². The van der Waals surface area contributed by atoms with Gasteiger partial charge in [-0.3, -0.25) is 19.4 Å². The van der Waals surface area contributed by atoms with Gasteiger partial charge >= 0.3 is 6.09 Å². The number of piperazine rings is 1. The molecule has 0 aliphatic carbocycles. The van der Waals surface area contributed by atoms with Gasteiger partial charge < -0.3 is 29.5 Å². The van der Waals surface area contributed by atoms with E-state index in [-0.39, 0.29) is 41.4 Å². The van der Waals surface area contributed by atoms with Gasteiger partial charge in [-0.1, -0.05) is 13.0 Å². The van der Waals surface area contributed by atoms with Crippen LogP contribution >= 0.6 is 0 Å². The summed E-state index contributed by atoms with van der Waals surface area (Å²) in [5, 5.41) is 3.35. The first-order valence-corrected chi connectivity index (χ1v) is 17.6. The van der Waals surface area contributed by atoms with E-state index >= 15 is 0 Å². The molecule has 2 amide bonds. The van der Waals surface area contributed by atoms with Gasteiger partial charge in [-0.05, 0) is 91.2 Å². The molecule has 6 heterocycles. The van der Waals surface area contributed by atoms with E-state index in [1.807, 2.05) is 91.4 Å². The zero-order valence-corrected chi connectivity index (χ0v) is 30.6. The third kappa shape index (κ3) is 7.82. The van der Waals surface area contributed by atoms with Gasteiger partial charge in [0.25, 0.3) is 0 Å². The fourth-order valence-corrected chi connectivity index (χ4v) is 7.07. The number of amides is 2. The minimum absolute atomic E-state index is 0.0689. The number of rotatable bonds is 8. The number of cyclic esters (lactones) is 1. The number of pyridine rings is 1. The predicted octanol–water partition coefficient (Wildman–Crippen LogP) is 4.57. The number of hydrogen-bond acceptors (Lipinski definition) is 12. The van der Waals surface area contributed by atoms with Crippen LogP contribution in [0.2, 0.25) is 0 Å². The molecule has 0 spiro atoms. The second kappa shape index (κ2) is 14.9. The Hall–Kier alpha value is -4.66. The summed E-state index contributed by atoms with van der Waals surface area (Å²) in [6.45, 7) is 11.2. The topological polar surface area (TPSA) is 137 Å². The van der Waals surface area contributed by atoms with E-state index in [2.05, 4.69) is 24.1 Å². The number of aromatic nitrogens is 3. The Morgan fingerprint density at radius 3 is 2.37 bits per heavy atom. The number of Topliss-reactive ketones (excluding diaryl/α,β-unsaturated/α-hetero) is 1. The highest BCUT2D eigenvalue weighted by molar-refractivity contribution is 5.95. The average molecular weight is 700 g/mol. The van der Waals surface area contributed by atoms with E-state index in [9.17, 15) is 14.4 Å². The zero-order chi connectivity index (χ0) is 36.4. The van der Waals surface area contributed by atoms with Crippen molar-refractivity contribution in [2.75, 3.05) is 80.6 Å². The fraction of sp³-hybridized carbons (Fsp3) is 0.514. The summed E-state index contributed by atoms with van der Waals surface area (Å²) in [4.78, 5) is 59.4. The van der Waals surface area contributed by atoms with E-state index in [0.717, 1.165) is 42.1 Å². The number of ketones is 1. The average Bonchev–Trinajstić information content (AvgIpc) is 3.59. The quantitative estimate of drug-likeness (QED) is 0.353. The Balaban J connectivity index is 0.000000582. The van der Waals surface area contributed by atoms with Crippen molar-refractivity contribution in [1.29, 1.82) is 0 Å². The molecule has 0 saturated carbocycles. The van der Waals surface area contributed by atoms with Crippen molar-refractivity contribution in [1.82, 2.24) is 24.8 Å². The second-order valence-electron chi connectivity index (χ2n) is 14.4. The molecule has 4 aliphatic rings. The summed E-state index contributed by atoms with van der Waals surface area (Å²) in [6, 6.07) is 13.5. The van der Waals surface area contributed by atoms with Crippen molar-refractivity contribution in [2.45, 2.75) is 64.1 Å². The SMILES string of the molecule is CC(=O)CN(C)C.CCC1(C)C[C@@H]2C(CO1)c1cnc(Nc3ccc(N4CCN(C)CC4=O)cc3)nc1N2c1cccc(N2C(=O)OCC2C)n1. The number of likely N-dealkylation sites (N-methyl/N-ethyl adjacent to an activating group) is 2. The van der Waals surface area contributed by atoms with Crippen molar-refractivity contribution in [2.24, 2.45) is 0 Å². The van der Waals surface area contributed by atoms with Crippen LogP contribution in [-0.4, -0.2) is 121 Å². The van der Waals surface area contributed by atoms with Crippen LogP contribution in [0.15, 0.2) is 48.7 Å². The lowest BCUT2D eigenvalue weighted by molar-refractivity contribution is -0.121. The molecular weight excluding hydrogens is 650 g/mol. The molecule has 3 unspecified atom stereocenters. The first-order valence-electron chi connectivity index (χ1n) is 17.6. The third-order valence-corrected chi connectivity index (χ3v) is 9.90. The lowest BCUT2D eigenvalue weighted by Gasteiger charge is -2.42. The molecule has 51 heavy (non-hydrogen) atoms. The molecule has 0 bridgehead atoms. The third-order valence-electron chi connectivity index (χ3n) is 9.90. The molecule has 1 N–H and O–H groups in total. The Morgan fingerprint density at radius 1 is 1.04 bits per heavy atom. The number of benzene rings is 1. The maximum atomic E-state index is 12.5. The van der Waals surface area contributed by atoms with Gasteiger partial charge in [-0.2, -0.15) is 4.98 Å². The maximum Gasteiger partial charge on any atom is 0.415 e. The van der Waals surface area contributed by atoms with Crippen LogP contribution in [0.1, 0.15) is 52.0 Å². The maximum absolute atomic E-state index is 12.5. The van der Waals surface area contributed by atoms with Gasteiger partial charge in [0.1, 0.15) is 29.8 Å². The van der Waals surface area contributed by atoms with E-state index in [4.69, 9.17) is 24.4 Å². The molecule has 0 radical (unpaired) electrons. The predicted molar refractivity (Wildman–Crippen MR) is 196 cm³/mol. The van der Waals surface area contributed by atoms with Crippen LogP contribution in [0.3, 0.4) is 0 Å². The lowest BCUT2D eigenvalue weighted by atomic mass is 9.83. The summed E-state index contributed by atoms with van der Waals surface area (Å²) >= 11 is 0. The minimum atomic E-state index is -0.386. The molecule has 2 aromatic heterocycles. The molecule has 14 nitrogen and oxygen atoms in total. The number of hydrogen-bond donors (Lipinski definition) is 1. The van der Waals surface area contributed by atoms with Crippen molar-refractivity contribution >= 4 is 52.6 Å². The van der Waals surface area contributed by atoms with Crippen molar-refractivity contribution in [3.05, 3.63) is 54.2 Å². The number of carbonyl (C=O) groups excluding carboxylic acids is 3. The van der Waals surface area contributed by atoms with Crippen LogP contribution < -0.4 is 20.0 Å². The minimum Gasteiger partial charge on any atom is -0.447 e. The molecule has 3 fully saturated rings. The molecule has 4 atom stereocenters. The van der Waals surface area contributed by atoms with Gasteiger partial charge in [0.15, 0.2) is 0 Å². The number of nitrogens with zero attached hydrogens (tertiary/aromatic N) is 8. The molecule has 3 aromatic rings. The summed E-state index contributed by atoms with van der Waals surface area (Å²) in [5.74, 6) is 2.91. The van der Waals surface area contributed by atoms with Gasteiger partial charge in [0.05, 0.1) is 31.3 Å². The van der Waals surface area contributed by atoms with E-state index in [0.29, 0.717) is 50.4 Å². The standard InChI is InChI=1S/C32H38N8O4.C5H11NO/c1-5-32(3)15-25-24(19-44-32)23-16-33-30(34-21-9-11-22(12-10-21)38-14-13-37(4)17-28(38)41)36-29(23)40(25)27-8-6-7-26(35-27)39-20(2)18-43-31(39)42;1-5(7)4-6(2)3/h6-12,16,20,24-25H,5,13-15,17-19H2,1-4H3,(H,33,34,36);4H2,1-3H3/t20?,24?,25-,32?;/m1./s1. The van der Waals surface area contributed by atoms with Crippen molar-refractivity contribution < 1.29 is 23.9 Å². The summed E-state index contributed by atoms with van der Waals surface area (Å²) in [5.41, 5.74) is 2.44. The Kier molecular flexibility index (Phi) is 10.6. The number of nitrogens with one attached hydrogen (secondary N) is 1. The fourth-order valence-electron chi connectivity index (χ4n) is 7.07. The van der Waals surface area contributed by atoms with E-state index < -0.39 is 0 Å². The normalized spacial score (nSPS) is 24.5.